The summed E-state index contributed by atoms with van der Waals surface area (Å²) in [7, 11) is 3.07. The third-order valence-electron chi connectivity index (χ3n) is 6.05. The molecule has 1 N–H and O–H groups in total. The smallest absolute Gasteiger partial charge is 0.410 e. The van der Waals surface area contributed by atoms with Gasteiger partial charge in [0.25, 0.3) is 0 Å². The van der Waals surface area contributed by atoms with Crippen LogP contribution < -0.4 is 19.7 Å². The van der Waals surface area contributed by atoms with Crippen LogP contribution in [0.5, 0.6) is 11.5 Å². The fraction of sp³-hybridized carbons (Fsp3) is 0.321. The van der Waals surface area contributed by atoms with Crippen molar-refractivity contribution in [3.05, 3.63) is 78.0 Å². The summed E-state index contributed by atoms with van der Waals surface area (Å²) in [5.74, 6) is 0.950. The van der Waals surface area contributed by atoms with Crippen LogP contribution in [-0.2, 0) is 16.1 Å². The number of methoxy groups -OCH3 is 2. The van der Waals surface area contributed by atoms with Gasteiger partial charge in [0, 0.05) is 30.4 Å². The number of rotatable bonds is 9. The third-order valence-corrected chi connectivity index (χ3v) is 6.05. The normalized spacial score (nSPS) is 16.8. The Bertz CT molecular complexity index is 1150. The number of allylic oxidation sites excluding steroid dienone is 3. The van der Waals surface area contributed by atoms with Crippen LogP contribution in [0.25, 0.3) is 0 Å². The second-order valence-electron chi connectivity index (χ2n) is 8.38. The molecule has 0 bridgehead atoms. The van der Waals surface area contributed by atoms with Crippen molar-refractivity contribution in [2.45, 2.75) is 38.9 Å². The molecule has 2 aromatic carbocycles. The van der Waals surface area contributed by atoms with Crippen LogP contribution in [0.3, 0.4) is 0 Å². The van der Waals surface area contributed by atoms with Gasteiger partial charge in [-0.1, -0.05) is 36.4 Å². The first-order chi connectivity index (χ1) is 17.9. The lowest BCUT2D eigenvalue weighted by molar-refractivity contribution is -0.104. The summed E-state index contributed by atoms with van der Waals surface area (Å²) >= 11 is 0. The largest absolute Gasteiger partial charge is 0.493 e. The zero-order valence-electron chi connectivity index (χ0n) is 21.5. The zero-order valence-corrected chi connectivity index (χ0v) is 21.5. The predicted octanol–water partition coefficient (Wildman–Crippen LogP) is 4.98. The van der Waals surface area contributed by atoms with Crippen LogP contribution in [0, 0.1) is 0 Å². The molecule has 2 atom stereocenters. The number of anilines is 1. The Morgan fingerprint density at radius 1 is 1.08 bits per heavy atom. The van der Waals surface area contributed by atoms with Crippen LogP contribution in [0.15, 0.2) is 66.9 Å². The van der Waals surface area contributed by atoms with Crippen LogP contribution in [-0.4, -0.2) is 50.2 Å². The average molecular weight is 508 g/mol. The SMILES string of the molecule is CCOC(=O)N(Cc1ccccc1)C1CC(C)N(C(=O)NC=CC=CC=O)c2cc(OC)c(OC)cc21. The van der Waals surface area contributed by atoms with Gasteiger partial charge < -0.3 is 19.5 Å². The van der Waals surface area contributed by atoms with E-state index in [-0.39, 0.29) is 24.7 Å². The van der Waals surface area contributed by atoms with Crippen molar-refractivity contribution in [1.29, 1.82) is 0 Å². The van der Waals surface area contributed by atoms with E-state index in [0.717, 1.165) is 11.1 Å². The summed E-state index contributed by atoms with van der Waals surface area (Å²) in [6.45, 7) is 4.27. The zero-order chi connectivity index (χ0) is 26.8. The van der Waals surface area contributed by atoms with E-state index in [0.29, 0.717) is 36.4 Å². The molecule has 3 amide bonds. The molecular formula is C28H33N3O6. The first kappa shape index (κ1) is 27.3. The minimum atomic E-state index is -0.438. The summed E-state index contributed by atoms with van der Waals surface area (Å²) in [6.07, 6.45) is 6.54. The lowest BCUT2D eigenvalue weighted by atomic mass is 9.90. The highest BCUT2D eigenvalue weighted by Gasteiger charge is 2.39. The number of amides is 3. The maximum absolute atomic E-state index is 13.3. The second kappa shape index (κ2) is 13.2. The lowest BCUT2D eigenvalue weighted by Crippen LogP contribution is -2.50. The van der Waals surface area contributed by atoms with E-state index < -0.39 is 6.09 Å². The molecule has 2 unspecified atom stereocenters. The van der Waals surface area contributed by atoms with Gasteiger partial charge in [-0.15, -0.1) is 0 Å². The van der Waals surface area contributed by atoms with Gasteiger partial charge in [-0.3, -0.25) is 14.6 Å². The van der Waals surface area contributed by atoms with Crippen molar-refractivity contribution in [2.24, 2.45) is 0 Å². The number of benzene rings is 2. The molecule has 1 heterocycles. The molecule has 0 aliphatic carbocycles. The number of nitrogens with one attached hydrogen (secondary N) is 1. The van der Waals surface area contributed by atoms with Crippen LogP contribution in [0.4, 0.5) is 15.3 Å². The molecule has 3 rings (SSSR count). The van der Waals surface area contributed by atoms with Crippen molar-refractivity contribution >= 4 is 24.1 Å². The molecule has 2 aromatic rings. The molecule has 1 aliphatic rings. The Kier molecular flexibility index (Phi) is 9.71. The van der Waals surface area contributed by atoms with E-state index in [1.165, 1.54) is 25.5 Å². The number of carbonyl (C=O) groups excluding carboxylic acids is 3. The maximum atomic E-state index is 13.3. The molecular weight excluding hydrogens is 474 g/mol. The van der Waals surface area contributed by atoms with Gasteiger partial charge in [-0.2, -0.15) is 0 Å². The molecule has 37 heavy (non-hydrogen) atoms. The number of hydrogen-bond donors (Lipinski definition) is 1. The summed E-state index contributed by atoms with van der Waals surface area (Å²) in [6, 6.07) is 12.2. The van der Waals surface area contributed by atoms with E-state index in [9.17, 15) is 14.4 Å². The highest BCUT2D eigenvalue weighted by Crippen LogP contribution is 2.46. The van der Waals surface area contributed by atoms with E-state index in [2.05, 4.69) is 5.32 Å². The van der Waals surface area contributed by atoms with Crippen LogP contribution in [0.1, 0.15) is 37.4 Å². The Balaban J connectivity index is 2.08. The molecule has 1 aliphatic heterocycles. The fourth-order valence-corrected chi connectivity index (χ4v) is 4.40. The number of carbonyl (C=O) groups is 3. The average Bonchev–Trinajstić information content (AvgIpc) is 2.91. The van der Waals surface area contributed by atoms with Crippen molar-refractivity contribution < 1.29 is 28.6 Å². The van der Waals surface area contributed by atoms with Crippen molar-refractivity contribution in [3.8, 4) is 11.5 Å². The minimum Gasteiger partial charge on any atom is -0.493 e. The van der Waals surface area contributed by atoms with E-state index in [1.807, 2.05) is 43.3 Å². The van der Waals surface area contributed by atoms with Gasteiger partial charge in [-0.25, -0.2) is 9.59 Å². The van der Waals surface area contributed by atoms with Gasteiger partial charge in [-0.05, 0) is 44.1 Å². The molecule has 0 radical (unpaired) electrons. The van der Waals surface area contributed by atoms with E-state index in [1.54, 1.807) is 36.0 Å². The first-order valence-electron chi connectivity index (χ1n) is 12.0. The third kappa shape index (κ3) is 6.49. The Hall–Kier alpha value is -4.27. The summed E-state index contributed by atoms with van der Waals surface area (Å²) in [4.78, 5) is 40.2. The monoisotopic (exact) mass is 507 g/mol. The lowest BCUT2D eigenvalue weighted by Gasteiger charge is -2.43. The molecule has 9 nitrogen and oxygen atoms in total. The van der Waals surface area contributed by atoms with Crippen molar-refractivity contribution in [3.63, 3.8) is 0 Å². The maximum Gasteiger partial charge on any atom is 0.410 e. The molecule has 0 saturated carbocycles. The number of urea groups is 1. The van der Waals surface area contributed by atoms with Gasteiger partial charge in [0.1, 0.15) is 6.29 Å². The van der Waals surface area contributed by atoms with Crippen LogP contribution in [0.2, 0.25) is 0 Å². The summed E-state index contributed by atoms with van der Waals surface area (Å²) in [5.41, 5.74) is 2.29. The van der Waals surface area contributed by atoms with Gasteiger partial charge in [0.2, 0.25) is 0 Å². The molecule has 9 heteroatoms. The number of ether oxygens (including phenoxy) is 3. The van der Waals surface area contributed by atoms with Crippen LogP contribution >= 0.6 is 0 Å². The van der Waals surface area contributed by atoms with Gasteiger partial charge in [0.05, 0.1) is 32.6 Å². The highest BCUT2D eigenvalue weighted by atomic mass is 16.6. The fourth-order valence-electron chi connectivity index (χ4n) is 4.40. The number of nitrogens with zero attached hydrogens (tertiary/aromatic N) is 2. The summed E-state index contributed by atoms with van der Waals surface area (Å²) in [5, 5.41) is 2.74. The molecule has 0 aromatic heterocycles. The molecule has 0 spiro atoms. The topological polar surface area (TPSA) is 97.4 Å². The second-order valence-corrected chi connectivity index (χ2v) is 8.38. The predicted molar refractivity (Wildman–Crippen MR) is 141 cm³/mol. The number of aldehydes is 1. The molecule has 0 fully saturated rings. The number of fused-ring (bicyclic) bond motifs is 1. The van der Waals surface area contributed by atoms with E-state index in [4.69, 9.17) is 14.2 Å². The standard InChI is InChI=1S/C28H33N3O6/c1-5-37-28(34)30(19-21-12-8-6-9-13-21)23-16-20(2)31(27(33)29-14-10-7-11-15-32)24-18-26(36-4)25(35-3)17-22(23)24/h6-15,17-18,20,23H,5,16,19H2,1-4H3,(H,29,33). The highest BCUT2D eigenvalue weighted by molar-refractivity contribution is 5.95. The quantitative estimate of drug-likeness (QED) is 0.292. The van der Waals surface area contributed by atoms with Crippen molar-refractivity contribution in [1.82, 2.24) is 10.2 Å². The number of hydrogen-bond acceptors (Lipinski definition) is 6. The van der Waals surface area contributed by atoms with Gasteiger partial charge >= 0.3 is 12.1 Å². The minimum absolute atomic E-state index is 0.241. The van der Waals surface area contributed by atoms with Crippen molar-refractivity contribution in [2.75, 3.05) is 25.7 Å². The van der Waals surface area contributed by atoms with E-state index >= 15 is 0 Å². The Labute approximate surface area is 217 Å². The summed E-state index contributed by atoms with van der Waals surface area (Å²) < 4.78 is 16.5. The molecule has 196 valence electrons. The van der Waals surface area contributed by atoms with Gasteiger partial charge in [0.15, 0.2) is 11.5 Å². The Morgan fingerprint density at radius 2 is 1.78 bits per heavy atom. The first-order valence-corrected chi connectivity index (χ1v) is 12.0. The molecule has 0 saturated heterocycles. The Morgan fingerprint density at radius 3 is 2.43 bits per heavy atom.